The van der Waals surface area contributed by atoms with E-state index < -0.39 is 0 Å². The summed E-state index contributed by atoms with van der Waals surface area (Å²) in [5, 5.41) is 5.94. The Labute approximate surface area is 172 Å². The van der Waals surface area contributed by atoms with Gasteiger partial charge in [0.2, 0.25) is 5.91 Å². The molecule has 0 saturated carbocycles. The molecule has 2 aromatic carbocycles. The number of benzene rings is 2. The van der Waals surface area contributed by atoms with Crippen LogP contribution in [0.3, 0.4) is 0 Å². The van der Waals surface area contributed by atoms with Crippen LogP contribution in [0.5, 0.6) is 0 Å². The Balaban J connectivity index is 2.04. The molecular formula is C23H30N2O2S. The van der Waals surface area contributed by atoms with E-state index >= 15 is 0 Å². The molecule has 0 aliphatic carbocycles. The Bertz CT molecular complexity index is 801. The molecule has 0 radical (unpaired) electrons. The van der Waals surface area contributed by atoms with Crippen molar-refractivity contribution in [3.63, 3.8) is 0 Å². The maximum atomic E-state index is 12.8. The fourth-order valence-corrected chi connectivity index (χ4v) is 3.68. The molecule has 28 heavy (non-hydrogen) atoms. The monoisotopic (exact) mass is 398 g/mol. The average molecular weight is 399 g/mol. The Morgan fingerprint density at radius 1 is 0.857 bits per heavy atom. The van der Waals surface area contributed by atoms with Gasteiger partial charge in [0.05, 0.1) is 17.4 Å². The number of carbonyl (C=O) groups is 2. The molecule has 0 fully saturated rings. The van der Waals surface area contributed by atoms with Gasteiger partial charge in [-0.15, -0.1) is 11.8 Å². The minimum absolute atomic E-state index is 0.0335. The highest BCUT2D eigenvalue weighted by atomic mass is 32.2. The first-order chi connectivity index (χ1) is 13.3. The highest BCUT2D eigenvalue weighted by molar-refractivity contribution is 8.00. The van der Waals surface area contributed by atoms with E-state index in [-0.39, 0.29) is 29.7 Å². The number of carbonyl (C=O) groups excluding carboxylic acids is 2. The van der Waals surface area contributed by atoms with Gasteiger partial charge in [0.25, 0.3) is 5.91 Å². The molecule has 5 heteroatoms. The fourth-order valence-electron chi connectivity index (χ4n) is 2.81. The van der Waals surface area contributed by atoms with Gasteiger partial charge in [0, 0.05) is 10.9 Å². The molecule has 2 amide bonds. The first kappa shape index (κ1) is 22.0. The van der Waals surface area contributed by atoms with Gasteiger partial charge in [-0.05, 0) is 49.9 Å². The van der Waals surface area contributed by atoms with Crippen LogP contribution in [-0.2, 0) is 4.79 Å². The number of rotatable bonds is 8. The molecule has 150 valence electrons. The van der Waals surface area contributed by atoms with Crippen LogP contribution in [0.4, 0.5) is 0 Å². The largest absolute Gasteiger partial charge is 0.353 e. The summed E-state index contributed by atoms with van der Waals surface area (Å²) in [6.07, 6.45) is 0. The second-order valence-corrected chi connectivity index (χ2v) is 8.54. The lowest BCUT2D eigenvalue weighted by molar-refractivity contribution is -0.119. The molecule has 2 N–H and O–H groups in total. The molecule has 0 aliphatic rings. The summed E-state index contributed by atoms with van der Waals surface area (Å²) >= 11 is 1.38. The lowest BCUT2D eigenvalue weighted by atomic mass is 9.99. The molecule has 0 heterocycles. The first-order valence-electron chi connectivity index (χ1n) is 9.69. The van der Waals surface area contributed by atoms with Gasteiger partial charge >= 0.3 is 0 Å². The summed E-state index contributed by atoms with van der Waals surface area (Å²) in [5.74, 6) is 0.603. The van der Waals surface area contributed by atoms with E-state index in [0.717, 1.165) is 10.5 Å². The van der Waals surface area contributed by atoms with Gasteiger partial charge in [0.15, 0.2) is 0 Å². The summed E-state index contributed by atoms with van der Waals surface area (Å²) in [6, 6.07) is 15.8. The summed E-state index contributed by atoms with van der Waals surface area (Å²) in [7, 11) is 0. The molecule has 2 rings (SSSR count). The second-order valence-electron chi connectivity index (χ2n) is 7.52. The zero-order chi connectivity index (χ0) is 20.7. The highest BCUT2D eigenvalue weighted by Crippen LogP contribution is 2.24. The fraction of sp³-hybridized carbons (Fsp3) is 0.391. The van der Waals surface area contributed by atoms with E-state index in [4.69, 9.17) is 0 Å². The minimum atomic E-state index is -0.132. The van der Waals surface area contributed by atoms with E-state index in [0.29, 0.717) is 11.5 Å². The van der Waals surface area contributed by atoms with Crippen LogP contribution < -0.4 is 10.6 Å². The number of hydrogen-bond acceptors (Lipinski definition) is 3. The Morgan fingerprint density at radius 3 is 2.07 bits per heavy atom. The van der Waals surface area contributed by atoms with Gasteiger partial charge in [-0.1, -0.05) is 50.2 Å². The predicted octanol–water partition coefficient (Wildman–Crippen LogP) is 4.92. The van der Waals surface area contributed by atoms with Crippen LogP contribution in [0.25, 0.3) is 0 Å². The summed E-state index contributed by atoms with van der Waals surface area (Å²) in [5.41, 5.74) is 2.94. The molecule has 0 spiro atoms. The Hall–Kier alpha value is -2.27. The van der Waals surface area contributed by atoms with Crippen LogP contribution in [0.1, 0.15) is 68.1 Å². The van der Waals surface area contributed by atoms with Crippen molar-refractivity contribution < 1.29 is 9.59 Å². The molecule has 0 saturated heterocycles. The second kappa shape index (κ2) is 10.3. The summed E-state index contributed by atoms with van der Waals surface area (Å²) in [6.45, 7) is 10.2. The maximum Gasteiger partial charge on any atom is 0.252 e. The molecule has 0 aliphatic heterocycles. The maximum absolute atomic E-state index is 12.8. The van der Waals surface area contributed by atoms with E-state index in [1.54, 1.807) is 6.07 Å². The van der Waals surface area contributed by atoms with Gasteiger partial charge < -0.3 is 10.6 Å². The van der Waals surface area contributed by atoms with Crippen molar-refractivity contribution in [2.45, 2.75) is 57.5 Å². The van der Waals surface area contributed by atoms with Crippen molar-refractivity contribution in [3.05, 3.63) is 65.2 Å². The lowest BCUT2D eigenvalue weighted by Crippen LogP contribution is -2.31. The number of amides is 2. The first-order valence-corrected chi connectivity index (χ1v) is 10.7. The van der Waals surface area contributed by atoms with E-state index in [1.165, 1.54) is 17.3 Å². The van der Waals surface area contributed by atoms with Crippen LogP contribution in [0, 0.1) is 0 Å². The highest BCUT2D eigenvalue weighted by Gasteiger charge is 2.16. The zero-order valence-corrected chi connectivity index (χ0v) is 18.1. The van der Waals surface area contributed by atoms with Gasteiger partial charge in [-0.25, -0.2) is 0 Å². The van der Waals surface area contributed by atoms with Crippen LogP contribution >= 0.6 is 11.8 Å². The predicted molar refractivity (Wildman–Crippen MR) is 117 cm³/mol. The number of hydrogen-bond donors (Lipinski definition) is 2. The van der Waals surface area contributed by atoms with Gasteiger partial charge in [-0.3, -0.25) is 9.59 Å². The third kappa shape index (κ3) is 6.41. The van der Waals surface area contributed by atoms with Gasteiger partial charge in [0.1, 0.15) is 0 Å². The molecule has 1 atom stereocenters. The van der Waals surface area contributed by atoms with E-state index in [1.807, 2.05) is 39.0 Å². The summed E-state index contributed by atoms with van der Waals surface area (Å²) < 4.78 is 0. The van der Waals surface area contributed by atoms with E-state index in [9.17, 15) is 9.59 Å². The standard InChI is InChI=1S/C23H30N2O2S/c1-15(2)18-10-12-19(13-11-18)17(5)25-23(27)20-8-6-7-9-21(20)28-14-22(26)24-16(3)4/h6-13,15-17H,14H2,1-5H3,(H,24,26)(H,25,27). The van der Waals surface area contributed by atoms with Crippen LogP contribution in [-0.4, -0.2) is 23.6 Å². The minimum Gasteiger partial charge on any atom is -0.353 e. The van der Waals surface area contributed by atoms with Crippen molar-refractivity contribution in [2.24, 2.45) is 0 Å². The molecule has 1 unspecified atom stereocenters. The van der Waals surface area contributed by atoms with Crippen molar-refractivity contribution in [2.75, 3.05) is 5.75 Å². The normalized spacial score (nSPS) is 12.1. The number of nitrogens with one attached hydrogen (secondary N) is 2. The topological polar surface area (TPSA) is 58.2 Å². The third-order valence-corrected chi connectivity index (χ3v) is 5.46. The van der Waals surface area contributed by atoms with Crippen molar-refractivity contribution in [1.29, 1.82) is 0 Å². The Kier molecular flexibility index (Phi) is 8.12. The molecule has 4 nitrogen and oxygen atoms in total. The third-order valence-electron chi connectivity index (χ3n) is 4.39. The van der Waals surface area contributed by atoms with Crippen molar-refractivity contribution >= 4 is 23.6 Å². The molecular weight excluding hydrogens is 368 g/mol. The Morgan fingerprint density at radius 2 is 1.46 bits per heavy atom. The van der Waals surface area contributed by atoms with E-state index in [2.05, 4.69) is 48.7 Å². The average Bonchev–Trinajstić information content (AvgIpc) is 2.66. The zero-order valence-electron chi connectivity index (χ0n) is 17.3. The summed E-state index contributed by atoms with van der Waals surface area (Å²) in [4.78, 5) is 25.5. The molecule has 0 bridgehead atoms. The number of thioether (sulfide) groups is 1. The van der Waals surface area contributed by atoms with Gasteiger partial charge in [-0.2, -0.15) is 0 Å². The quantitative estimate of drug-likeness (QED) is 0.621. The molecule has 0 aromatic heterocycles. The smallest absolute Gasteiger partial charge is 0.252 e. The SMILES string of the molecule is CC(C)NC(=O)CSc1ccccc1C(=O)NC(C)c1ccc(C(C)C)cc1. The lowest BCUT2D eigenvalue weighted by Gasteiger charge is -2.17. The van der Waals surface area contributed by atoms with Crippen molar-refractivity contribution in [3.8, 4) is 0 Å². The van der Waals surface area contributed by atoms with Crippen LogP contribution in [0.2, 0.25) is 0 Å². The van der Waals surface area contributed by atoms with Crippen molar-refractivity contribution in [1.82, 2.24) is 10.6 Å². The van der Waals surface area contributed by atoms with Crippen LogP contribution in [0.15, 0.2) is 53.4 Å². The molecule has 2 aromatic rings.